The van der Waals surface area contributed by atoms with E-state index in [4.69, 9.17) is 16.3 Å². The lowest BCUT2D eigenvalue weighted by molar-refractivity contribution is 0.0292. The second kappa shape index (κ2) is 9.46. The molecule has 1 atom stereocenters. The van der Waals surface area contributed by atoms with E-state index in [0.717, 1.165) is 51.3 Å². The Morgan fingerprint density at radius 3 is 2.88 bits per heavy atom. The number of hydrogen-bond donors (Lipinski definition) is 1. The number of nitrogens with zero attached hydrogens (tertiary/aromatic N) is 3. The van der Waals surface area contributed by atoms with Crippen LogP contribution in [-0.2, 0) is 24.8 Å². The molecule has 1 aliphatic rings. The molecule has 0 aliphatic carbocycles. The Morgan fingerprint density at radius 2 is 2.09 bits per heavy atom. The maximum Gasteiger partial charge on any atom is 0.331 e. The molecule has 5 rings (SSSR count). The second-order valence-electron chi connectivity index (χ2n) is 8.57. The van der Waals surface area contributed by atoms with E-state index in [9.17, 15) is 9.59 Å². The highest BCUT2D eigenvalue weighted by Crippen LogP contribution is 2.38. The molecule has 1 unspecified atom stereocenters. The molecule has 1 saturated heterocycles. The van der Waals surface area contributed by atoms with Crippen molar-refractivity contribution in [3.63, 3.8) is 0 Å². The van der Waals surface area contributed by atoms with E-state index in [0.29, 0.717) is 11.6 Å². The molecule has 9 heteroatoms. The van der Waals surface area contributed by atoms with E-state index in [1.807, 2.05) is 24.3 Å². The Bertz CT molecular complexity index is 1480. The van der Waals surface area contributed by atoms with Crippen LogP contribution in [0.15, 0.2) is 52.3 Å². The summed E-state index contributed by atoms with van der Waals surface area (Å²) in [5.41, 5.74) is 4.60. The number of hydrogen-bond acceptors (Lipinski definition) is 6. The van der Waals surface area contributed by atoms with E-state index in [1.54, 1.807) is 24.6 Å². The molecule has 176 valence electrons. The third kappa shape index (κ3) is 4.46. The molecule has 0 bridgehead atoms. The summed E-state index contributed by atoms with van der Waals surface area (Å²) in [5, 5.41) is 4.08. The zero-order chi connectivity index (χ0) is 23.8. The van der Waals surface area contributed by atoms with Gasteiger partial charge in [-0.2, -0.15) is 0 Å². The molecule has 1 N–H and O–H groups in total. The monoisotopic (exact) mass is 496 g/mol. The molecule has 0 spiro atoms. The average Bonchev–Trinajstić information content (AvgIpc) is 3.24. The van der Waals surface area contributed by atoms with Crippen molar-refractivity contribution < 1.29 is 4.74 Å². The average molecular weight is 497 g/mol. The number of aromatic nitrogens is 3. The van der Waals surface area contributed by atoms with E-state index in [1.165, 1.54) is 27.0 Å². The van der Waals surface area contributed by atoms with Crippen LogP contribution in [0.5, 0.6) is 0 Å². The zero-order valence-electron chi connectivity index (χ0n) is 19.0. The summed E-state index contributed by atoms with van der Waals surface area (Å²) in [4.78, 5) is 30.2. The van der Waals surface area contributed by atoms with Crippen LogP contribution in [0.1, 0.15) is 16.0 Å². The van der Waals surface area contributed by atoms with E-state index >= 15 is 0 Å². The van der Waals surface area contributed by atoms with Crippen LogP contribution < -0.4 is 16.6 Å². The van der Waals surface area contributed by atoms with Crippen LogP contribution >= 0.6 is 22.9 Å². The van der Waals surface area contributed by atoms with Crippen LogP contribution in [0, 0.1) is 6.92 Å². The first-order chi connectivity index (χ1) is 16.4. The lowest BCUT2D eigenvalue weighted by Gasteiger charge is -2.25. The fourth-order valence-corrected chi connectivity index (χ4v) is 5.86. The number of morpholine rings is 1. The van der Waals surface area contributed by atoms with Gasteiger partial charge in [-0.1, -0.05) is 11.6 Å². The highest BCUT2D eigenvalue weighted by molar-refractivity contribution is 7.19. The first-order valence-corrected chi connectivity index (χ1v) is 12.4. The minimum atomic E-state index is -0.341. The largest absolute Gasteiger partial charge is 0.375 e. The van der Waals surface area contributed by atoms with Crippen molar-refractivity contribution in [2.24, 2.45) is 7.05 Å². The summed E-state index contributed by atoms with van der Waals surface area (Å²) < 4.78 is 9.63. The maximum atomic E-state index is 12.5. The van der Waals surface area contributed by atoms with Crippen LogP contribution in [0.25, 0.3) is 21.3 Å². The molecule has 0 radical (unpaired) electrons. The molecular formula is C25H25ClN4O3S. The number of halogens is 1. The predicted octanol–water partition coefficient (Wildman–Crippen LogP) is 3.36. The van der Waals surface area contributed by atoms with Crippen molar-refractivity contribution in [2.75, 3.05) is 19.7 Å². The third-order valence-electron chi connectivity index (χ3n) is 6.18. The molecule has 34 heavy (non-hydrogen) atoms. The van der Waals surface area contributed by atoms with Crippen LogP contribution in [0.3, 0.4) is 0 Å². The normalized spacial score (nSPS) is 16.3. The second-order valence-corrected chi connectivity index (χ2v) is 10.1. The summed E-state index contributed by atoms with van der Waals surface area (Å²) in [5.74, 6) is 0. The van der Waals surface area contributed by atoms with Crippen molar-refractivity contribution in [2.45, 2.75) is 26.0 Å². The summed E-state index contributed by atoms with van der Waals surface area (Å²) in [7, 11) is 1.64. The van der Waals surface area contributed by atoms with Crippen LogP contribution in [0.4, 0.5) is 0 Å². The number of thiophene rings is 1. The van der Waals surface area contributed by atoms with E-state index in [-0.39, 0.29) is 23.9 Å². The van der Waals surface area contributed by atoms with Gasteiger partial charge in [0, 0.05) is 60.5 Å². The van der Waals surface area contributed by atoms with E-state index < -0.39 is 0 Å². The van der Waals surface area contributed by atoms with Gasteiger partial charge in [0.25, 0.3) is 5.56 Å². The number of fused-ring (bicyclic) bond motifs is 1. The zero-order valence-corrected chi connectivity index (χ0v) is 20.6. The summed E-state index contributed by atoms with van der Waals surface area (Å²) in [6.45, 7) is 4.68. The van der Waals surface area contributed by atoms with Gasteiger partial charge in [0.15, 0.2) is 0 Å². The maximum absolute atomic E-state index is 12.5. The third-order valence-corrected chi connectivity index (χ3v) is 7.54. The fourth-order valence-electron chi connectivity index (χ4n) is 4.46. The minimum absolute atomic E-state index is 0.102. The molecule has 4 heterocycles. The first kappa shape index (κ1) is 23.0. The van der Waals surface area contributed by atoms with Gasteiger partial charge in [-0.15, -0.1) is 11.3 Å². The summed E-state index contributed by atoms with van der Waals surface area (Å²) in [6.07, 6.45) is 4.16. The summed E-state index contributed by atoms with van der Waals surface area (Å²) in [6, 6.07) is 9.36. The number of benzene rings is 1. The Morgan fingerprint density at radius 1 is 1.24 bits per heavy atom. The molecule has 1 aliphatic heterocycles. The van der Waals surface area contributed by atoms with Crippen molar-refractivity contribution in [1.82, 2.24) is 19.4 Å². The number of pyridine rings is 1. The first-order valence-electron chi connectivity index (χ1n) is 11.2. The number of nitrogens with one attached hydrogen (secondary N) is 1. The molecule has 0 amide bonds. The smallest absolute Gasteiger partial charge is 0.331 e. The quantitative estimate of drug-likeness (QED) is 0.458. The van der Waals surface area contributed by atoms with Gasteiger partial charge in [0.2, 0.25) is 0 Å². The molecular weight excluding hydrogens is 472 g/mol. The number of rotatable bonds is 5. The number of ether oxygens (including phenoxy) is 1. The predicted molar refractivity (Wildman–Crippen MR) is 136 cm³/mol. The van der Waals surface area contributed by atoms with Gasteiger partial charge < -0.3 is 14.6 Å². The Hall–Kier alpha value is -2.78. The van der Waals surface area contributed by atoms with Gasteiger partial charge >= 0.3 is 5.69 Å². The molecule has 1 fully saturated rings. The lowest BCUT2D eigenvalue weighted by atomic mass is 9.92. The van der Waals surface area contributed by atoms with Gasteiger partial charge in [-0.05, 0) is 47.9 Å². The Balaban J connectivity index is 1.59. The van der Waals surface area contributed by atoms with Crippen molar-refractivity contribution in [3.8, 4) is 11.1 Å². The minimum Gasteiger partial charge on any atom is -0.375 e. The van der Waals surface area contributed by atoms with E-state index in [2.05, 4.69) is 17.2 Å². The van der Waals surface area contributed by atoms with Crippen LogP contribution in [0.2, 0.25) is 5.02 Å². The Labute approximate surface area is 205 Å². The van der Waals surface area contributed by atoms with Gasteiger partial charge in [-0.3, -0.25) is 14.3 Å². The number of aryl methyl sites for hydroxylation is 2. The molecule has 4 aromatic rings. The molecule has 7 nitrogen and oxygen atoms in total. The topological polar surface area (TPSA) is 78.2 Å². The highest BCUT2D eigenvalue weighted by atomic mass is 35.5. The highest BCUT2D eigenvalue weighted by Gasteiger charge is 2.20. The van der Waals surface area contributed by atoms with Crippen molar-refractivity contribution in [3.05, 3.63) is 84.6 Å². The lowest BCUT2D eigenvalue weighted by Crippen LogP contribution is -2.39. The van der Waals surface area contributed by atoms with Crippen molar-refractivity contribution >= 4 is 33.2 Å². The molecule has 3 aromatic heterocycles. The fraction of sp³-hybridized carbons (Fsp3) is 0.320. The van der Waals surface area contributed by atoms with Gasteiger partial charge in [0.05, 0.1) is 29.5 Å². The molecule has 0 saturated carbocycles. The Kier molecular flexibility index (Phi) is 6.40. The molecule has 1 aromatic carbocycles. The summed E-state index contributed by atoms with van der Waals surface area (Å²) >= 11 is 8.04. The standard InChI is InChI=1S/C25H25ClN4O3S/c1-15-9-16(26)10-21(20(15)11-17-13-27-6-8-33-17)19-3-5-28-22-12-18(34-24(19)22)14-30-23(31)4-7-29(2)25(30)32/h3-5,7,9-10,12,17,27H,6,8,11,13-14H2,1-2H3. The van der Waals surface area contributed by atoms with Crippen molar-refractivity contribution in [1.29, 1.82) is 0 Å². The van der Waals surface area contributed by atoms with Gasteiger partial charge in [0.1, 0.15) is 0 Å². The van der Waals surface area contributed by atoms with Crippen LogP contribution in [-0.4, -0.2) is 39.9 Å². The van der Waals surface area contributed by atoms with Gasteiger partial charge in [-0.25, -0.2) is 4.79 Å². The SMILES string of the molecule is Cc1cc(Cl)cc(-c2ccnc3cc(Cn4c(=O)ccn(C)c4=O)sc23)c1CC1CNCCO1.